The Morgan fingerprint density at radius 1 is 1.29 bits per heavy atom. The summed E-state index contributed by atoms with van der Waals surface area (Å²) in [6, 6.07) is 5.96. The molecular weight excluding hydrogens is 266 g/mol. The number of aromatic nitrogens is 3. The second kappa shape index (κ2) is 5.87. The van der Waals surface area contributed by atoms with Gasteiger partial charge in [0.15, 0.2) is 0 Å². The normalized spacial score (nSPS) is 17.8. The zero-order valence-corrected chi connectivity index (χ0v) is 11.9. The van der Waals surface area contributed by atoms with Gasteiger partial charge in [-0.1, -0.05) is 6.07 Å². The van der Waals surface area contributed by atoms with Crippen molar-refractivity contribution in [3.8, 4) is 0 Å². The van der Waals surface area contributed by atoms with Crippen LogP contribution in [0.1, 0.15) is 22.6 Å². The minimum atomic E-state index is -0.171. The number of amides is 1. The third-order valence-electron chi connectivity index (χ3n) is 3.51. The molecule has 0 bridgehead atoms. The molecule has 1 saturated heterocycles. The van der Waals surface area contributed by atoms with E-state index in [2.05, 4.69) is 25.2 Å². The average molecular weight is 283 g/mol. The fourth-order valence-electron chi connectivity index (χ4n) is 2.40. The van der Waals surface area contributed by atoms with Gasteiger partial charge < -0.3 is 10.2 Å². The number of pyridine rings is 1. The van der Waals surface area contributed by atoms with Crippen LogP contribution in [0.25, 0.3) is 0 Å². The number of anilines is 1. The Labute approximate surface area is 123 Å². The summed E-state index contributed by atoms with van der Waals surface area (Å²) in [5.41, 5.74) is 1.16. The van der Waals surface area contributed by atoms with Crippen molar-refractivity contribution in [3.05, 3.63) is 48.2 Å². The molecule has 0 radical (unpaired) electrons. The Kier molecular flexibility index (Phi) is 3.77. The predicted octanol–water partition coefficient (Wildman–Crippen LogP) is 1.19. The Bertz CT molecular complexity index is 614. The Hall–Kier alpha value is -2.50. The van der Waals surface area contributed by atoms with Gasteiger partial charge in [-0.3, -0.25) is 9.78 Å². The van der Waals surface area contributed by atoms with Crippen LogP contribution in [0.4, 0.5) is 5.82 Å². The van der Waals surface area contributed by atoms with Gasteiger partial charge in [0.1, 0.15) is 11.5 Å². The molecule has 6 heteroatoms. The van der Waals surface area contributed by atoms with Crippen molar-refractivity contribution in [3.63, 3.8) is 0 Å². The maximum absolute atomic E-state index is 12.1. The summed E-state index contributed by atoms with van der Waals surface area (Å²) in [5, 5.41) is 3.00. The van der Waals surface area contributed by atoms with Crippen molar-refractivity contribution in [2.24, 2.45) is 0 Å². The van der Waals surface area contributed by atoms with Crippen LogP contribution in [0.3, 0.4) is 0 Å². The minimum absolute atomic E-state index is 0.114. The van der Waals surface area contributed by atoms with Gasteiger partial charge in [-0.25, -0.2) is 9.97 Å². The molecule has 0 spiro atoms. The van der Waals surface area contributed by atoms with E-state index in [1.165, 1.54) is 6.20 Å². The number of rotatable bonds is 3. The zero-order chi connectivity index (χ0) is 14.7. The second-order valence-corrected chi connectivity index (χ2v) is 5.14. The molecule has 2 aromatic heterocycles. The highest BCUT2D eigenvalue weighted by molar-refractivity contribution is 5.92. The van der Waals surface area contributed by atoms with E-state index >= 15 is 0 Å². The molecule has 1 aliphatic heterocycles. The van der Waals surface area contributed by atoms with E-state index in [9.17, 15) is 4.79 Å². The van der Waals surface area contributed by atoms with Gasteiger partial charge in [-0.2, -0.15) is 0 Å². The molecule has 3 heterocycles. The molecule has 3 rings (SSSR count). The topological polar surface area (TPSA) is 71.0 Å². The molecule has 0 unspecified atom stereocenters. The number of carbonyl (C=O) groups is 1. The number of nitrogens with zero attached hydrogens (tertiary/aromatic N) is 4. The van der Waals surface area contributed by atoms with Gasteiger partial charge in [-0.05, 0) is 25.5 Å². The summed E-state index contributed by atoms with van der Waals surface area (Å²) in [6.45, 7) is 3.50. The summed E-state index contributed by atoms with van der Waals surface area (Å²) in [5.74, 6) is 0.778. The molecular formula is C15H17N5O. The van der Waals surface area contributed by atoms with Gasteiger partial charge in [0.25, 0.3) is 5.91 Å². The van der Waals surface area contributed by atoms with E-state index in [4.69, 9.17) is 0 Å². The van der Waals surface area contributed by atoms with Crippen molar-refractivity contribution in [1.29, 1.82) is 0 Å². The van der Waals surface area contributed by atoms with Crippen molar-refractivity contribution in [1.82, 2.24) is 20.3 Å². The average Bonchev–Trinajstić information content (AvgIpc) is 2.97. The molecule has 108 valence electrons. The van der Waals surface area contributed by atoms with Crippen LogP contribution in [0.15, 0.2) is 36.8 Å². The summed E-state index contributed by atoms with van der Waals surface area (Å²) < 4.78 is 0. The fraction of sp³-hybridized carbons (Fsp3) is 0.333. The van der Waals surface area contributed by atoms with Crippen LogP contribution in [-0.2, 0) is 0 Å². The Morgan fingerprint density at radius 3 is 2.90 bits per heavy atom. The van der Waals surface area contributed by atoms with Gasteiger partial charge >= 0.3 is 0 Å². The number of hydrogen-bond acceptors (Lipinski definition) is 5. The lowest BCUT2D eigenvalue weighted by molar-refractivity contribution is 0.0935. The molecule has 6 nitrogen and oxygen atoms in total. The molecule has 1 N–H and O–H groups in total. The summed E-state index contributed by atoms with van der Waals surface area (Å²) in [4.78, 5) is 26.8. The molecule has 1 amide bonds. The Balaban J connectivity index is 1.60. The highest BCUT2D eigenvalue weighted by atomic mass is 16.2. The van der Waals surface area contributed by atoms with Gasteiger partial charge in [-0.15, -0.1) is 0 Å². The van der Waals surface area contributed by atoms with Gasteiger partial charge in [0.05, 0.1) is 11.9 Å². The third kappa shape index (κ3) is 3.16. The van der Waals surface area contributed by atoms with Crippen molar-refractivity contribution in [2.75, 3.05) is 18.0 Å². The summed E-state index contributed by atoms with van der Waals surface area (Å²) >= 11 is 0. The lowest BCUT2D eigenvalue weighted by Crippen LogP contribution is -2.37. The maximum atomic E-state index is 12.1. The van der Waals surface area contributed by atoms with E-state index in [-0.39, 0.29) is 11.9 Å². The predicted molar refractivity (Wildman–Crippen MR) is 79.1 cm³/mol. The SMILES string of the molecule is Cc1cnc(C(=O)N[C@@H]2CCN(c3ccccn3)C2)cn1. The molecule has 0 aliphatic carbocycles. The van der Waals surface area contributed by atoms with Crippen molar-refractivity contribution >= 4 is 11.7 Å². The van der Waals surface area contributed by atoms with E-state index < -0.39 is 0 Å². The van der Waals surface area contributed by atoms with Crippen molar-refractivity contribution in [2.45, 2.75) is 19.4 Å². The van der Waals surface area contributed by atoms with Crippen LogP contribution in [0.5, 0.6) is 0 Å². The number of hydrogen-bond donors (Lipinski definition) is 1. The highest BCUT2D eigenvalue weighted by Gasteiger charge is 2.25. The zero-order valence-electron chi connectivity index (χ0n) is 11.9. The largest absolute Gasteiger partial charge is 0.354 e. The molecule has 0 aromatic carbocycles. The number of aryl methyl sites for hydroxylation is 1. The lowest BCUT2D eigenvalue weighted by Gasteiger charge is -2.17. The maximum Gasteiger partial charge on any atom is 0.271 e. The quantitative estimate of drug-likeness (QED) is 0.916. The van der Waals surface area contributed by atoms with E-state index in [0.717, 1.165) is 31.0 Å². The Morgan fingerprint density at radius 2 is 2.19 bits per heavy atom. The molecule has 1 fully saturated rings. The highest BCUT2D eigenvalue weighted by Crippen LogP contribution is 2.17. The van der Waals surface area contributed by atoms with E-state index in [1.807, 2.05) is 25.1 Å². The summed E-state index contributed by atoms with van der Waals surface area (Å²) in [7, 11) is 0. The molecule has 21 heavy (non-hydrogen) atoms. The van der Waals surface area contributed by atoms with Crippen LogP contribution in [-0.4, -0.2) is 40.0 Å². The van der Waals surface area contributed by atoms with E-state index in [0.29, 0.717) is 5.69 Å². The molecule has 1 atom stereocenters. The van der Waals surface area contributed by atoms with Crippen LogP contribution in [0, 0.1) is 6.92 Å². The second-order valence-electron chi connectivity index (χ2n) is 5.14. The fourth-order valence-corrected chi connectivity index (χ4v) is 2.40. The number of carbonyl (C=O) groups excluding carboxylic acids is 1. The lowest BCUT2D eigenvalue weighted by atomic mass is 10.2. The first kappa shape index (κ1) is 13.5. The van der Waals surface area contributed by atoms with Crippen LogP contribution in [0.2, 0.25) is 0 Å². The molecule has 1 aliphatic rings. The number of nitrogens with one attached hydrogen (secondary N) is 1. The minimum Gasteiger partial charge on any atom is -0.354 e. The van der Waals surface area contributed by atoms with Gasteiger partial charge in [0.2, 0.25) is 0 Å². The van der Waals surface area contributed by atoms with E-state index in [1.54, 1.807) is 12.4 Å². The van der Waals surface area contributed by atoms with Crippen LogP contribution >= 0.6 is 0 Å². The standard InChI is InChI=1S/C15H17N5O/c1-11-8-18-13(9-17-11)15(21)19-12-5-7-20(10-12)14-4-2-3-6-16-14/h2-4,6,8-9,12H,5,7,10H2,1H3,(H,19,21)/t12-/m1/s1. The first-order chi connectivity index (χ1) is 10.2. The smallest absolute Gasteiger partial charge is 0.271 e. The van der Waals surface area contributed by atoms with Crippen LogP contribution < -0.4 is 10.2 Å². The summed E-state index contributed by atoms with van der Waals surface area (Å²) in [6.07, 6.45) is 5.80. The third-order valence-corrected chi connectivity index (χ3v) is 3.51. The molecule has 2 aromatic rings. The monoisotopic (exact) mass is 283 g/mol. The van der Waals surface area contributed by atoms with Gasteiger partial charge in [0, 0.05) is 31.5 Å². The first-order valence-corrected chi connectivity index (χ1v) is 6.98. The first-order valence-electron chi connectivity index (χ1n) is 6.98. The van der Waals surface area contributed by atoms with Crippen molar-refractivity contribution < 1.29 is 4.79 Å². The molecule has 0 saturated carbocycles.